The van der Waals surface area contributed by atoms with Gasteiger partial charge in [-0.3, -0.25) is 0 Å². The van der Waals surface area contributed by atoms with E-state index in [9.17, 15) is 0 Å². The van der Waals surface area contributed by atoms with Gasteiger partial charge in [-0.05, 0) is 52.9 Å². The van der Waals surface area contributed by atoms with E-state index < -0.39 is 0 Å². The molecule has 0 bridgehead atoms. The minimum atomic E-state index is 0.570. The van der Waals surface area contributed by atoms with Crippen LogP contribution in [0.5, 0.6) is 0 Å². The van der Waals surface area contributed by atoms with Crippen LogP contribution >= 0.6 is 0 Å². The number of aromatic nitrogens is 3. The normalized spacial score (nSPS) is 11.8. The molecule has 0 amide bonds. The number of benzene rings is 7. The molecule has 0 N–H and O–H groups in total. The standard InChI is InChI=1S/C43H25N3O2/c1-3-12-27(13-4-1)41-44-42(28-14-5-2-6-15-28)46-43(45-41)30-23-35(29-20-21-33-32-17-9-10-18-36(32)47-37(33)24-29)39-34-22-19-26-11-7-8-16-31(26)40(34)48-38(39)25-30/h1-25H. The van der Waals surface area contributed by atoms with Gasteiger partial charge in [-0.25, -0.2) is 15.0 Å². The fourth-order valence-corrected chi connectivity index (χ4v) is 6.82. The van der Waals surface area contributed by atoms with Crippen LogP contribution in [0.15, 0.2) is 160 Å². The molecule has 0 spiro atoms. The Bertz CT molecular complexity index is 2780. The van der Waals surface area contributed by atoms with Crippen LogP contribution in [0.4, 0.5) is 0 Å². The monoisotopic (exact) mass is 615 g/mol. The largest absolute Gasteiger partial charge is 0.456 e. The highest BCUT2D eigenvalue weighted by atomic mass is 16.3. The van der Waals surface area contributed by atoms with E-state index >= 15 is 0 Å². The van der Waals surface area contributed by atoms with Crippen LogP contribution in [0.3, 0.4) is 0 Å². The lowest BCUT2D eigenvalue weighted by Gasteiger charge is -2.11. The summed E-state index contributed by atoms with van der Waals surface area (Å²) in [4.78, 5) is 15.0. The predicted molar refractivity (Wildman–Crippen MR) is 194 cm³/mol. The molecule has 0 aliphatic carbocycles. The van der Waals surface area contributed by atoms with E-state index in [0.29, 0.717) is 17.5 Å². The Morgan fingerprint density at radius 3 is 1.69 bits per heavy atom. The molecule has 0 radical (unpaired) electrons. The molecule has 0 unspecified atom stereocenters. The average molecular weight is 616 g/mol. The van der Waals surface area contributed by atoms with Crippen molar-refractivity contribution in [3.63, 3.8) is 0 Å². The maximum atomic E-state index is 6.76. The fourth-order valence-electron chi connectivity index (χ4n) is 6.82. The zero-order chi connectivity index (χ0) is 31.6. The summed E-state index contributed by atoms with van der Waals surface area (Å²) in [5.41, 5.74) is 8.04. The molecule has 5 nitrogen and oxygen atoms in total. The highest BCUT2D eigenvalue weighted by Crippen LogP contribution is 2.43. The van der Waals surface area contributed by atoms with Crippen LogP contribution in [0, 0.1) is 0 Å². The van der Waals surface area contributed by atoms with Crippen LogP contribution in [0.2, 0.25) is 0 Å². The number of rotatable bonds is 4. The molecule has 10 aromatic rings. The molecule has 0 saturated carbocycles. The maximum Gasteiger partial charge on any atom is 0.164 e. The first kappa shape index (κ1) is 26.6. The van der Waals surface area contributed by atoms with Gasteiger partial charge in [0, 0.05) is 43.6 Å². The second-order valence-corrected chi connectivity index (χ2v) is 12.0. The molecular formula is C43H25N3O2. The topological polar surface area (TPSA) is 65.0 Å². The van der Waals surface area contributed by atoms with Crippen LogP contribution in [-0.2, 0) is 0 Å². The molecule has 0 fully saturated rings. The molecule has 7 aromatic carbocycles. The molecule has 10 rings (SSSR count). The van der Waals surface area contributed by atoms with Crippen molar-refractivity contribution in [3.8, 4) is 45.3 Å². The van der Waals surface area contributed by atoms with E-state index in [4.69, 9.17) is 23.8 Å². The molecule has 0 aliphatic heterocycles. The summed E-state index contributed by atoms with van der Waals surface area (Å²) < 4.78 is 13.1. The smallest absolute Gasteiger partial charge is 0.164 e. The first-order valence-electron chi connectivity index (χ1n) is 15.9. The summed E-state index contributed by atoms with van der Waals surface area (Å²) in [6.07, 6.45) is 0. The summed E-state index contributed by atoms with van der Waals surface area (Å²) in [5.74, 6) is 1.79. The van der Waals surface area contributed by atoms with Gasteiger partial charge < -0.3 is 8.83 Å². The zero-order valence-corrected chi connectivity index (χ0v) is 25.6. The molecule has 3 aromatic heterocycles. The molecule has 0 atom stereocenters. The van der Waals surface area contributed by atoms with E-state index in [-0.39, 0.29) is 0 Å². The SMILES string of the molecule is c1ccc(-c2nc(-c3ccccc3)nc(-c3cc(-c4ccc5c(c4)oc4ccccc45)c4c(c3)oc3c5ccccc5ccc34)n2)cc1. The minimum absolute atomic E-state index is 0.570. The van der Waals surface area contributed by atoms with E-state index in [1.54, 1.807) is 0 Å². The first-order chi connectivity index (χ1) is 23.8. The average Bonchev–Trinajstić information content (AvgIpc) is 3.73. The van der Waals surface area contributed by atoms with Gasteiger partial charge in [0.05, 0.1) is 0 Å². The third-order valence-electron chi connectivity index (χ3n) is 9.11. The lowest BCUT2D eigenvalue weighted by Crippen LogP contribution is -2.00. The lowest BCUT2D eigenvalue weighted by atomic mass is 9.95. The van der Waals surface area contributed by atoms with Gasteiger partial charge in [-0.2, -0.15) is 0 Å². The quantitative estimate of drug-likeness (QED) is 0.197. The van der Waals surface area contributed by atoms with Crippen LogP contribution < -0.4 is 0 Å². The number of fused-ring (bicyclic) bond motifs is 8. The molecule has 0 aliphatic rings. The van der Waals surface area contributed by atoms with Gasteiger partial charge in [-0.15, -0.1) is 0 Å². The fraction of sp³-hybridized carbons (Fsp3) is 0. The number of para-hydroxylation sites is 1. The Labute approximate surface area is 274 Å². The second-order valence-electron chi connectivity index (χ2n) is 12.0. The summed E-state index contributed by atoms with van der Waals surface area (Å²) in [6, 6.07) is 51.6. The van der Waals surface area contributed by atoms with Gasteiger partial charge in [0.25, 0.3) is 0 Å². The van der Waals surface area contributed by atoms with Crippen LogP contribution in [0.1, 0.15) is 0 Å². The van der Waals surface area contributed by atoms with Gasteiger partial charge in [0.1, 0.15) is 22.3 Å². The van der Waals surface area contributed by atoms with Crippen molar-refractivity contribution < 1.29 is 8.83 Å². The Kier molecular flexibility index (Phi) is 5.81. The van der Waals surface area contributed by atoms with Crippen molar-refractivity contribution in [1.82, 2.24) is 15.0 Å². The number of hydrogen-bond acceptors (Lipinski definition) is 5. The second kappa shape index (κ2) is 10.5. The van der Waals surface area contributed by atoms with E-state index in [0.717, 1.165) is 82.5 Å². The molecule has 224 valence electrons. The van der Waals surface area contributed by atoms with Crippen LogP contribution in [-0.4, -0.2) is 15.0 Å². The summed E-state index contributed by atoms with van der Waals surface area (Å²) >= 11 is 0. The highest BCUT2D eigenvalue weighted by molar-refractivity contribution is 6.20. The van der Waals surface area contributed by atoms with Crippen molar-refractivity contribution in [2.45, 2.75) is 0 Å². The van der Waals surface area contributed by atoms with E-state index in [1.165, 1.54) is 0 Å². The maximum absolute atomic E-state index is 6.76. The molecule has 48 heavy (non-hydrogen) atoms. The van der Waals surface area contributed by atoms with E-state index in [1.807, 2.05) is 78.9 Å². The predicted octanol–water partition coefficient (Wildman–Crippen LogP) is 11.5. The molecular weight excluding hydrogens is 590 g/mol. The third-order valence-corrected chi connectivity index (χ3v) is 9.11. The van der Waals surface area contributed by atoms with Crippen molar-refractivity contribution in [3.05, 3.63) is 152 Å². The minimum Gasteiger partial charge on any atom is -0.456 e. The Morgan fingerprint density at radius 2 is 0.938 bits per heavy atom. The van der Waals surface area contributed by atoms with Gasteiger partial charge in [0.15, 0.2) is 17.5 Å². The Morgan fingerprint density at radius 1 is 0.354 bits per heavy atom. The van der Waals surface area contributed by atoms with Gasteiger partial charge >= 0.3 is 0 Å². The van der Waals surface area contributed by atoms with E-state index in [2.05, 4.69) is 72.8 Å². The van der Waals surface area contributed by atoms with Crippen molar-refractivity contribution in [2.24, 2.45) is 0 Å². The lowest BCUT2D eigenvalue weighted by molar-refractivity contribution is 0.669. The molecule has 0 saturated heterocycles. The summed E-state index contributed by atoms with van der Waals surface area (Å²) in [5, 5.41) is 6.49. The third kappa shape index (κ3) is 4.22. The zero-order valence-electron chi connectivity index (χ0n) is 25.6. The van der Waals surface area contributed by atoms with Gasteiger partial charge in [0.2, 0.25) is 0 Å². The molecule has 5 heteroatoms. The first-order valence-corrected chi connectivity index (χ1v) is 15.9. The number of furan rings is 2. The molecule has 3 heterocycles. The van der Waals surface area contributed by atoms with Crippen molar-refractivity contribution in [2.75, 3.05) is 0 Å². The Balaban J connectivity index is 1.27. The summed E-state index contributed by atoms with van der Waals surface area (Å²) in [7, 11) is 0. The van der Waals surface area contributed by atoms with Crippen LogP contribution in [0.25, 0.3) is 99.9 Å². The van der Waals surface area contributed by atoms with Crippen molar-refractivity contribution >= 4 is 54.6 Å². The summed E-state index contributed by atoms with van der Waals surface area (Å²) in [6.45, 7) is 0. The van der Waals surface area contributed by atoms with Gasteiger partial charge in [-0.1, -0.05) is 115 Å². The van der Waals surface area contributed by atoms with Crippen molar-refractivity contribution in [1.29, 1.82) is 0 Å². The number of hydrogen-bond donors (Lipinski definition) is 0. The number of nitrogens with zero attached hydrogens (tertiary/aromatic N) is 3. The Hall–Kier alpha value is -6.59. The highest BCUT2D eigenvalue weighted by Gasteiger charge is 2.20.